The molecule has 1 fully saturated rings. The van der Waals surface area contributed by atoms with E-state index in [1.165, 1.54) is 11.8 Å². The molecule has 8 heteroatoms. The molecule has 1 aromatic carbocycles. The molecule has 1 atom stereocenters. The van der Waals surface area contributed by atoms with Crippen molar-refractivity contribution in [1.29, 1.82) is 0 Å². The molecular formula is C23H28N6OS. The van der Waals surface area contributed by atoms with Crippen LogP contribution in [0.25, 0.3) is 22.3 Å². The van der Waals surface area contributed by atoms with Gasteiger partial charge in [0.25, 0.3) is 0 Å². The third-order valence-corrected chi connectivity index (χ3v) is 6.83. The highest BCUT2D eigenvalue weighted by Crippen LogP contribution is 2.31. The summed E-state index contributed by atoms with van der Waals surface area (Å²) in [6, 6.07) is 10.3. The number of nitrogens with zero attached hydrogens (tertiary/aromatic N) is 5. The van der Waals surface area contributed by atoms with Gasteiger partial charge >= 0.3 is 0 Å². The van der Waals surface area contributed by atoms with Gasteiger partial charge in [-0.1, -0.05) is 36.4 Å². The van der Waals surface area contributed by atoms with Crippen molar-refractivity contribution >= 4 is 22.7 Å². The monoisotopic (exact) mass is 436 g/mol. The van der Waals surface area contributed by atoms with Crippen LogP contribution in [0, 0.1) is 0 Å². The first-order valence-corrected chi connectivity index (χ1v) is 12.1. The van der Waals surface area contributed by atoms with Crippen molar-refractivity contribution in [2.45, 2.75) is 56.5 Å². The van der Waals surface area contributed by atoms with Gasteiger partial charge < -0.3 is 9.72 Å². The average Bonchev–Trinajstić information content (AvgIpc) is 3.59. The molecule has 0 spiro atoms. The second-order valence-electron chi connectivity index (χ2n) is 7.98. The summed E-state index contributed by atoms with van der Waals surface area (Å²) in [6.07, 6.45) is 11.9. The van der Waals surface area contributed by atoms with E-state index in [1.54, 1.807) is 11.8 Å². The van der Waals surface area contributed by atoms with Crippen LogP contribution in [0.4, 0.5) is 0 Å². The molecule has 162 valence electrons. The smallest absolute Gasteiger partial charge is 0.191 e. The molecule has 1 unspecified atom stereocenters. The molecule has 7 nitrogen and oxygen atoms in total. The summed E-state index contributed by atoms with van der Waals surface area (Å²) in [5, 5.41) is 15.6. The van der Waals surface area contributed by atoms with Gasteiger partial charge in [-0.25, -0.2) is 0 Å². The Kier molecular flexibility index (Phi) is 6.36. The first-order valence-electron chi connectivity index (χ1n) is 11.1. The van der Waals surface area contributed by atoms with Gasteiger partial charge in [-0.05, 0) is 37.8 Å². The van der Waals surface area contributed by atoms with E-state index in [0.717, 1.165) is 73.2 Å². The van der Waals surface area contributed by atoms with Crippen LogP contribution in [0.3, 0.4) is 0 Å². The summed E-state index contributed by atoms with van der Waals surface area (Å²) in [7, 11) is 0. The van der Waals surface area contributed by atoms with Gasteiger partial charge in [0.2, 0.25) is 0 Å². The highest BCUT2D eigenvalue weighted by Gasteiger charge is 2.23. The Morgan fingerprint density at radius 3 is 2.97 bits per heavy atom. The number of hydrogen-bond acceptors (Lipinski definition) is 5. The normalized spacial score (nSPS) is 16.5. The molecule has 0 bridgehead atoms. The lowest BCUT2D eigenvalue weighted by Crippen LogP contribution is -2.16. The zero-order valence-corrected chi connectivity index (χ0v) is 18.4. The Hall–Kier alpha value is -2.58. The third-order valence-electron chi connectivity index (χ3n) is 5.78. The molecular weight excluding hydrogens is 408 g/mol. The topological polar surface area (TPSA) is 73.6 Å². The average molecular weight is 437 g/mol. The van der Waals surface area contributed by atoms with Crippen molar-refractivity contribution in [3.8, 4) is 11.4 Å². The fourth-order valence-electron chi connectivity index (χ4n) is 4.16. The Bertz CT molecular complexity index is 1100. The zero-order chi connectivity index (χ0) is 20.9. The van der Waals surface area contributed by atoms with Gasteiger partial charge in [-0.2, -0.15) is 5.10 Å². The number of hydrogen-bond donors (Lipinski definition) is 1. The molecule has 4 aromatic rings. The van der Waals surface area contributed by atoms with Crippen molar-refractivity contribution in [3.05, 3.63) is 48.9 Å². The number of para-hydroxylation sites is 1. The van der Waals surface area contributed by atoms with Gasteiger partial charge in [0.05, 0.1) is 12.6 Å². The number of aromatic nitrogens is 6. The summed E-state index contributed by atoms with van der Waals surface area (Å²) < 4.78 is 10.2. The van der Waals surface area contributed by atoms with Crippen LogP contribution in [0.15, 0.2) is 54.1 Å². The molecule has 3 aromatic heterocycles. The first kappa shape index (κ1) is 20.3. The summed E-state index contributed by atoms with van der Waals surface area (Å²) in [4.78, 5) is 3.37. The van der Waals surface area contributed by atoms with Crippen LogP contribution in [0.2, 0.25) is 0 Å². The van der Waals surface area contributed by atoms with E-state index in [0.29, 0.717) is 0 Å². The van der Waals surface area contributed by atoms with Crippen molar-refractivity contribution in [1.82, 2.24) is 29.5 Å². The van der Waals surface area contributed by atoms with Gasteiger partial charge in [-0.3, -0.25) is 9.25 Å². The van der Waals surface area contributed by atoms with Crippen LogP contribution in [0.1, 0.15) is 32.1 Å². The van der Waals surface area contributed by atoms with E-state index < -0.39 is 0 Å². The van der Waals surface area contributed by atoms with Crippen LogP contribution in [-0.2, 0) is 17.8 Å². The van der Waals surface area contributed by atoms with Crippen molar-refractivity contribution in [2.24, 2.45) is 0 Å². The fraction of sp³-hybridized carbons (Fsp3) is 0.435. The fourth-order valence-corrected chi connectivity index (χ4v) is 5.10. The molecule has 1 aliphatic heterocycles. The van der Waals surface area contributed by atoms with Crippen molar-refractivity contribution in [3.63, 3.8) is 0 Å². The maximum Gasteiger partial charge on any atom is 0.191 e. The van der Waals surface area contributed by atoms with E-state index >= 15 is 0 Å². The zero-order valence-electron chi connectivity index (χ0n) is 17.6. The second-order valence-corrected chi connectivity index (χ2v) is 9.04. The molecule has 0 radical (unpaired) electrons. The summed E-state index contributed by atoms with van der Waals surface area (Å²) >= 11 is 1.80. The number of H-pyrrole nitrogens is 1. The van der Waals surface area contributed by atoms with Gasteiger partial charge in [0, 0.05) is 54.0 Å². The Morgan fingerprint density at radius 1 is 1.13 bits per heavy atom. The summed E-state index contributed by atoms with van der Waals surface area (Å²) in [5.74, 6) is 1.96. The van der Waals surface area contributed by atoms with Crippen LogP contribution in [-0.4, -0.2) is 48.0 Å². The Morgan fingerprint density at radius 2 is 2.10 bits per heavy atom. The molecule has 0 amide bonds. The number of ether oxygens (including phenoxy) is 1. The number of aryl methyl sites for hydroxylation is 1. The minimum atomic E-state index is 0.244. The number of aromatic amines is 1. The number of benzene rings is 1. The largest absolute Gasteiger partial charge is 0.376 e. The third kappa shape index (κ3) is 4.70. The lowest BCUT2D eigenvalue weighted by Gasteiger charge is -2.14. The SMILES string of the molecule is c1ccc2c(-c3nnc(SCCCCCn4cccn4)n3CC3CCCO3)c[nH]c2c1. The van der Waals surface area contributed by atoms with Crippen LogP contribution in [0.5, 0.6) is 0 Å². The number of thioether (sulfide) groups is 1. The minimum absolute atomic E-state index is 0.244. The second kappa shape index (κ2) is 9.70. The molecule has 1 N–H and O–H groups in total. The first-order chi connectivity index (χ1) is 15.4. The molecule has 0 saturated carbocycles. The van der Waals surface area contributed by atoms with Crippen molar-refractivity contribution < 1.29 is 4.74 Å². The van der Waals surface area contributed by atoms with Gasteiger partial charge in [0.15, 0.2) is 11.0 Å². The van der Waals surface area contributed by atoms with Crippen LogP contribution < -0.4 is 0 Å². The lowest BCUT2D eigenvalue weighted by molar-refractivity contribution is 0.0953. The van der Waals surface area contributed by atoms with Gasteiger partial charge in [-0.15, -0.1) is 10.2 Å². The van der Waals surface area contributed by atoms with Gasteiger partial charge in [0.1, 0.15) is 0 Å². The molecule has 4 heterocycles. The van der Waals surface area contributed by atoms with E-state index in [4.69, 9.17) is 4.74 Å². The lowest BCUT2D eigenvalue weighted by atomic mass is 10.1. The Labute approximate surface area is 186 Å². The quantitative estimate of drug-likeness (QED) is 0.286. The molecule has 1 aliphatic rings. The molecule has 5 rings (SSSR count). The predicted molar refractivity (Wildman–Crippen MR) is 123 cm³/mol. The predicted octanol–water partition coefficient (Wildman–Crippen LogP) is 4.76. The number of nitrogens with one attached hydrogen (secondary N) is 1. The number of unbranched alkanes of at least 4 members (excludes halogenated alkanes) is 2. The Balaban J connectivity index is 1.27. The van der Waals surface area contributed by atoms with Crippen molar-refractivity contribution in [2.75, 3.05) is 12.4 Å². The highest BCUT2D eigenvalue weighted by atomic mass is 32.2. The van der Waals surface area contributed by atoms with E-state index in [-0.39, 0.29) is 6.10 Å². The molecule has 31 heavy (non-hydrogen) atoms. The van der Waals surface area contributed by atoms with E-state index in [1.807, 2.05) is 35.4 Å². The van der Waals surface area contributed by atoms with E-state index in [9.17, 15) is 0 Å². The maximum absolute atomic E-state index is 5.93. The number of fused-ring (bicyclic) bond motifs is 1. The summed E-state index contributed by atoms with van der Waals surface area (Å²) in [5.41, 5.74) is 2.22. The summed E-state index contributed by atoms with van der Waals surface area (Å²) in [6.45, 7) is 2.65. The highest BCUT2D eigenvalue weighted by molar-refractivity contribution is 7.99. The minimum Gasteiger partial charge on any atom is -0.376 e. The van der Waals surface area contributed by atoms with Crippen LogP contribution >= 0.6 is 11.8 Å². The standard InChI is InChI=1S/C23H28N6OS/c1(4-12-28-13-7-11-25-28)5-15-31-23-27-26-22(29(23)17-18-8-6-14-30-18)20-16-24-21-10-3-2-9-19(20)21/h2-3,7,9-11,13,16,18,24H,1,4-6,8,12,14-15,17H2. The maximum atomic E-state index is 5.93. The van der Waals surface area contributed by atoms with E-state index in [2.05, 4.69) is 43.0 Å². The molecule has 0 aliphatic carbocycles. The number of rotatable bonds is 10. The molecule has 1 saturated heterocycles.